The molecule has 2 rings (SSSR count). The van der Waals surface area contributed by atoms with E-state index in [1.54, 1.807) is 6.07 Å². The van der Waals surface area contributed by atoms with Crippen LogP contribution in [0.5, 0.6) is 5.75 Å². The molecule has 0 aliphatic rings. The van der Waals surface area contributed by atoms with E-state index < -0.39 is 0 Å². The van der Waals surface area contributed by atoms with E-state index in [1.807, 2.05) is 37.3 Å². The Kier molecular flexibility index (Phi) is 3.95. The van der Waals surface area contributed by atoms with Gasteiger partial charge >= 0.3 is 0 Å². The third kappa shape index (κ3) is 3.08. The van der Waals surface area contributed by atoms with E-state index in [1.165, 1.54) is 12.1 Å². The standard InChI is InChI=1S/C15H16FNO/c1-11(17)14-7-2-3-8-15(14)18-10-12-5-4-6-13(16)9-12/h2-9,11H,10,17H2,1H3/t11-/m1/s1. The smallest absolute Gasteiger partial charge is 0.124 e. The van der Waals surface area contributed by atoms with Crippen molar-refractivity contribution in [1.82, 2.24) is 0 Å². The van der Waals surface area contributed by atoms with Crippen molar-refractivity contribution in [2.24, 2.45) is 5.73 Å². The Morgan fingerprint density at radius 2 is 1.94 bits per heavy atom. The number of ether oxygens (including phenoxy) is 1. The van der Waals surface area contributed by atoms with Gasteiger partial charge in [-0.2, -0.15) is 0 Å². The fourth-order valence-corrected chi connectivity index (χ4v) is 1.78. The maximum atomic E-state index is 13.0. The van der Waals surface area contributed by atoms with Crippen molar-refractivity contribution in [2.45, 2.75) is 19.6 Å². The Labute approximate surface area is 106 Å². The van der Waals surface area contributed by atoms with E-state index in [-0.39, 0.29) is 11.9 Å². The molecule has 2 aromatic rings. The number of halogens is 1. The summed E-state index contributed by atoms with van der Waals surface area (Å²) in [7, 11) is 0. The lowest BCUT2D eigenvalue weighted by Gasteiger charge is -2.13. The minimum absolute atomic E-state index is 0.0892. The maximum absolute atomic E-state index is 13.0. The molecule has 0 radical (unpaired) electrons. The van der Waals surface area contributed by atoms with Gasteiger partial charge in [0.15, 0.2) is 0 Å². The lowest BCUT2D eigenvalue weighted by Crippen LogP contribution is -2.08. The Balaban J connectivity index is 2.11. The number of hydrogen-bond acceptors (Lipinski definition) is 2. The van der Waals surface area contributed by atoms with Crippen LogP contribution >= 0.6 is 0 Å². The average Bonchev–Trinajstić information content (AvgIpc) is 2.37. The molecule has 2 aromatic carbocycles. The normalized spacial score (nSPS) is 12.2. The molecule has 2 N–H and O–H groups in total. The molecule has 1 atom stereocenters. The van der Waals surface area contributed by atoms with Gasteiger partial charge in [-0.3, -0.25) is 0 Å². The molecule has 0 spiro atoms. The monoisotopic (exact) mass is 245 g/mol. The molecule has 0 unspecified atom stereocenters. The number of benzene rings is 2. The zero-order chi connectivity index (χ0) is 13.0. The number of rotatable bonds is 4. The summed E-state index contributed by atoms with van der Waals surface area (Å²) in [6.07, 6.45) is 0. The van der Waals surface area contributed by atoms with Gasteiger partial charge in [-0.15, -0.1) is 0 Å². The predicted octanol–water partition coefficient (Wildman–Crippen LogP) is 3.42. The van der Waals surface area contributed by atoms with Gasteiger partial charge < -0.3 is 10.5 Å². The summed E-state index contributed by atoms with van der Waals surface area (Å²) >= 11 is 0. The highest BCUT2D eigenvalue weighted by atomic mass is 19.1. The Morgan fingerprint density at radius 1 is 1.17 bits per heavy atom. The predicted molar refractivity (Wildman–Crippen MR) is 69.8 cm³/mol. The molecular formula is C15H16FNO. The van der Waals surface area contributed by atoms with Gasteiger partial charge in [-0.25, -0.2) is 4.39 Å². The lowest BCUT2D eigenvalue weighted by molar-refractivity contribution is 0.301. The van der Waals surface area contributed by atoms with Crippen LogP contribution in [0.2, 0.25) is 0 Å². The van der Waals surface area contributed by atoms with Crippen LogP contribution in [0, 0.1) is 5.82 Å². The van der Waals surface area contributed by atoms with E-state index >= 15 is 0 Å². The zero-order valence-electron chi connectivity index (χ0n) is 10.3. The molecule has 0 aliphatic heterocycles. The van der Waals surface area contributed by atoms with Crippen LogP contribution in [0.1, 0.15) is 24.1 Å². The first kappa shape index (κ1) is 12.6. The molecule has 0 aliphatic carbocycles. The number of para-hydroxylation sites is 1. The van der Waals surface area contributed by atoms with Gasteiger partial charge in [0.2, 0.25) is 0 Å². The van der Waals surface area contributed by atoms with Crippen LogP contribution in [-0.4, -0.2) is 0 Å². The van der Waals surface area contributed by atoms with Crippen molar-refractivity contribution in [1.29, 1.82) is 0 Å². The van der Waals surface area contributed by atoms with Gasteiger partial charge in [0.1, 0.15) is 18.2 Å². The van der Waals surface area contributed by atoms with E-state index in [4.69, 9.17) is 10.5 Å². The second-order valence-corrected chi connectivity index (χ2v) is 4.25. The molecule has 0 saturated carbocycles. The third-order valence-corrected chi connectivity index (χ3v) is 2.69. The lowest BCUT2D eigenvalue weighted by atomic mass is 10.1. The first-order chi connectivity index (χ1) is 8.66. The number of hydrogen-bond donors (Lipinski definition) is 1. The van der Waals surface area contributed by atoms with E-state index in [2.05, 4.69) is 0 Å². The fourth-order valence-electron chi connectivity index (χ4n) is 1.78. The molecule has 94 valence electrons. The van der Waals surface area contributed by atoms with E-state index in [9.17, 15) is 4.39 Å². The zero-order valence-corrected chi connectivity index (χ0v) is 10.3. The molecule has 18 heavy (non-hydrogen) atoms. The van der Waals surface area contributed by atoms with Crippen molar-refractivity contribution < 1.29 is 9.13 Å². The summed E-state index contributed by atoms with van der Waals surface area (Å²) < 4.78 is 18.7. The SMILES string of the molecule is C[C@@H](N)c1ccccc1OCc1cccc(F)c1. The first-order valence-electron chi connectivity index (χ1n) is 5.88. The molecule has 0 heterocycles. The van der Waals surface area contributed by atoms with Crippen LogP contribution in [0.4, 0.5) is 4.39 Å². The van der Waals surface area contributed by atoms with Gasteiger partial charge in [-0.1, -0.05) is 30.3 Å². The van der Waals surface area contributed by atoms with Gasteiger partial charge in [0.05, 0.1) is 0 Å². The molecule has 0 bridgehead atoms. The molecule has 0 fully saturated rings. The van der Waals surface area contributed by atoms with E-state index in [0.29, 0.717) is 6.61 Å². The fraction of sp³-hybridized carbons (Fsp3) is 0.200. The van der Waals surface area contributed by atoms with Gasteiger partial charge in [-0.05, 0) is 30.7 Å². The van der Waals surface area contributed by atoms with Crippen molar-refractivity contribution in [3.8, 4) is 5.75 Å². The highest BCUT2D eigenvalue weighted by Crippen LogP contribution is 2.24. The highest BCUT2D eigenvalue weighted by Gasteiger charge is 2.07. The maximum Gasteiger partial charge on any atom is 0.124 e. The Hall–Kier alpha value is -1.87. The summed E-state index contributed by atoms with van der Waals surface area (Å²) in [6, 6.07) is 13.9. The van der Waals surface area contributed by atoms with Crippen molar-refractivity contribution in [3.63, 3.8) is 0 Å². The largest absolute Gasteiger partial charge is 0.489 e. The third-order valence-electron chi connectivity index (χ3n) is 2.69. The first-order valence-corrected chi connectivity index (χ1v) is 5.88. The molecule has 0 amide bonds. The van der Waals surface area contributed by atoms with Crippen molar-refractivity contribution >= 4 is 0 Å². The van der Waals surface area contributed by atoms with Crippen LogP contribution in [0.15, 0.2) is 48.5 Å². The Bertz CT molecular complexity index is 525. The quantitative estimate of drug-likeness (QED) is 0.895. The highest BCUT2D eigenvalue weighted by molar-refractivity contribution is 5.35. The average molecular weight is 245 g/mol. The topological polar surface area (TPSA) is 35.2 Å². The second kappa shape index (κ2) is 5.65. The van der Waals surface area contributed by atoms with Crippen LogP contribution < -0.4 is 10.5 Å². The molecular weight excluding hydrogens is 229 g/mol. The Morgan fingerprint density at radius 3 is 2.67 bits per heavy atom. The van der Waals surface area contributed by atoms with Crippen molar-refractivity contribution in [2.75, 3.05) is 0 Å². The molecule has 3 heteroatoms. The number of nitrogens with two attached hydrogens (primary N) is 1. The summed E-state index contributed by atoms with van der Waals surface area (Å²) in [4.78, 5) is 0. The van der Waals surface area contributed by atoms with Gasteiger partial charge in [0, 0.05) is 11.6 Å². The van der Waals surface area contributed by atoms with Crippen LogP contribution in [-0.2, 0) is 6.61 Å². The minimum atomic E-state index is -0.253. The van der Waals surface area contributed by atoms with Crippen molar-refractivity contribution in [3.05, 3.63) is 65.5 Å². The van der Waals surface area contributed by atoms with E-state index in [0.717, 1.165) is 16.9 Å². The second-order valence-electron chi connectivity index (χ2n) is 4.25. The summed E-state index contributed by atoms with van der Waals surface area (Å²) in [6.45, 7) is 2.24. The molecule has 0 aromatic heterocycles. The summed E-state index contributed by atoms with van der Waals surface area (Å²) in [5.74, 6) is 0.494. The molecule has 2 nitrogen and oxygen atoms in total. The van der Waals surface area contributed by atoms with Crippen LogP contribution in [0.3, 0.4) is 0 Å². The van der Waals surface area contributed by atoms with Crippen LogP contribution in [0.25, 0.3) is 0 Å². The summed E-state index contributed by atoms with van der Waals surface area (Å²) in [5, 5.41) is 0. The molecule has 0 saturated heterocycles. The summed E-state index contributed by atoms with van der Waals surface area (Å²) in [5.41, 5.74) is 7.62. The minimum Gasteiger partial charge on any atom is -0.489 e. The van der Waals surface area contributed by atoms with Gasteiger partial charge in [0.25, 0.3) is 0 Å².